The van der Waals surface area contributed by atoms with Crippen molar-refractivity contribution in [3.63, 3.8) is 0 Å². The molecule has 0 spiro atoms. The van der Waals surface area contributed by atoms with Crippen LogP contribution in [-0.2, 0) is 16.1 Å². The molecule has 1 fully saturated rings. The molecule has 6 heteroatoms. The second-order valence-corrected chi connectivity index (χ2v) is 4.58. The first-order valence-electron chi connectivity index (χ1n) is 5.79. The van der Waals surface area contributed by atoms with E-state index < -0.39 is 0 Å². The maximum Gasteiger partial charge on any atom is 0.243 e. The summed E-state index contributed by atoms with van der Waals surface area (Å²) in [6.45, 7) is 2.56. The van der Waals surface area contributed by atoms with Crippen LogP contribution in [0.15, 0.2) is 18.2 Å². The number of halogens is 1. The summed E-state index contributed by atoms with van der Waals surface area (Å²) >= 11 is 5.81. The first kappa shape index (κ1) is 13.0. The van der Waals surface area contributed by atoms with Gasteiger partial charge in [-0.2, -0.15) is 0 Å². The van der Waals surface area contributed by atoms with Crippen molar-refractivity contribution < 1.29 is 9.59 Å². The maximum absolute atomic E-state index is 11.7. The third-order valence-electron chi connectivity index (χ3n) is 2.88. The van der Waals surface area contributed by atoms with Crippen LogP contribution < -0.4 is 5.32 Å². The molecule has 0 radical (unpaired) electrons. The summed E-state index contributed by atoms with van der Waals surface area (Å²) in [5.74, 6) is -0.512. The van der Waals surface area contributed by atoms with Gasteiger partial charge in [0.15, 0.2) is 0 Å². The number of amides is 2. The van der Waals surface area contributed by atoms with Crippen LogP contribution in [0.4, 0.5) is 0 Å². The zero-order valence-corrected chi connectivity index (χ0v) is 10.8. The first-order valence-corrected chi connectivity index (χ1v) is 6.17. The smallest absolute Gasteiger partial charge is 0.243 e. The van der Waals surface area contributed by atoms with Gasteiger partial charge in [-0.05, 0) is 18.6 Å². The summed E-state index contributed by atoms with van der Waals surface area (Å²) in [6.07, 6.45) is 0.652. The molecule has 1 aliphatic rings. The number of carbonyl (C=O) groups is 2. The van der Waals surface area contributed by atoms with Gasteiger partial charge in [0.2, 0.25) is 11.8 Å². The van der Waals surface area contributed by atoms with Gasteiger partial charge in [-0.3, -0.25) is 19.8 Å². The zero-order valence-electron chi connectivity index (χ0n) is 10.0. The van der Waals surface area contributed by atoms with E-state index in [0.717, 1.165) is 5.69 Å². The average Bonchev–Trinajstić information content (AvgIpc) is 2.28. The standard InChI is InChI=1S/C12H14ClN3O2/c1-2-9-12(18)15-11(17)7-16(9)6-8-4-3-5-10(13)14-8/h3-5,9H,2,6-7H2,1H3,(H,15,17,18). The normalized spacial score (nSPS) is 20.9. The number of nitrogens with zero attached hydrogens (tertiary/aromatic N) is 2. The number of hydrogen-bond donors (Lipinski definition) is 1. The molecule has 0 aliphatic carbocycles. The second kappa shape index (κ2) is 5.46. The van der Waals surface area contributed by atoms with Gasteiger partial charge in [0.1, 0.15) is 5.15 Å². The van der Waals surface area contributed by atoms with Crippen LogP contribution in [0.25, 0.3) is 0 Å². The Labute approximate surface area is 110 Å². The molecule has 96 valence electrons. The van der Waals surface area contributed by atoms with Gasteiger partial charge in [0, 0.05) is 6.54 Å². The summed E-state index contributed by atoms with van der Waals surface area (Å²) < 4.78 is 0. The maximum atomic E-state index is 11.7. The lowest BCUT2D eigenvalue weighted by Gasteiger charge is -2.32. The molecule has 2 heterocycles. The summed E-state index contributed by atoms with van der Waals surface area (Å²) in [6, 6.07) is 5.03. The predicted octanol–water partition coefficient (Wildman–Crippen LogP) is 0.972. The molecule has 1 saturated heterocycles. The number of hydrogen-bond acceptors (Lipinski definition) is 4. The van der Waals surface area contributed by atoms with Crippen molar-refractivity contribution in [2.75, 3.05) is 6.54 Å². The van der Waals surface area contributed by atoms with Gasteiger partial charge in [-0.15, -0.1) is 0 Å². The summed E-state index contributed by atoms with van der Waals surface area (Å²) in [5.41, 5.74) is 0.753. The van der Waals surface area contributed by atoms with E-state index in [1.807, 2.05) is 17.9 Å². The highest BCUT2D eigenvalue weighted by Crippen LogP contribution is 2.14. The summed E-state index contributed by atoms with van der Waals surface area (Å²) in [5, 5.41) is 2.75. The third-order valence-corrected chi connectivity index (χ3v) is 3.09. The molecular weight excluding hydrogens is 254 g/mol. The fourth-order valence-electron chi connectivity index (χ4n) is 2.08. The van der Waals surface area contributed by atoms with Gasteiger partial charge >= 0.3 is 0 Å². The van der Waals surface area contributed by atoms with Crippen LogP contribution in [0.3, 0.4) is 0 Å². The highest BCUT2D eigenvalue weighted by atomic mass is 35.5. The lowest BCUT2D eigenvalue weighted by atomic mass is 10.1. The van der Waals surface area contributed by atoms with E-state index in [4.69, 9.17) is 11.6 Å². The SMILES string of the molecule is CCC1C(=O)NC(=O)CN1Cc1cccc(Cl)n1. The minimum absolute atomic E-state index is 0.207. The fraction of sp³-hybridized carbons (Fsp3) is 0.417. The molecule has 1 aliphatic heterocycles. The molecule has 1 unspecified atom stereocenters. The molecule has 1 aromatic rings. The Hall–Kier alpha value is -1.46. The van der Waals surface area contributed by atoms with Crippen molar-refractivity contribution in [2.45, 2.75) is 25.9 Å². The van der Waals surface area contributed by atoms with E-state index in [2.05, 4.69) is 10.3 Å². The molecule has 18 heavy (non-hydrogen) atoms. The Morgan fingerprint density at radius 1 is 1.50 bits per heavy atom. The van der Waals surface area contributed by atoms with Crippen molar-refractivity contribution in [1.82, 2.24) is 15.2 Å². The van der Waals surface area contributed by atoms with Crippen molar-refractivity contribution in [3.8, 4) is 0 Å². The Bertz CT molecular complexity index is 478. The van der Waals surface area contributed by atoms with E-state index >= 15 is 0 Å². The minimum atomic E-state index is -0.288. The fourth-order valence-corrected chi connectivity index (χ4v) is 2.26. The quantitative estimate of drug-likeness (QED) is 0.655. The molecule has 1 N–H and O–H groups in total. The number of pyridine rings is 1. The Balaban J connectivity index is 2.15. The number of imide groups is 1. The van der Waals surface area contributed by atoms with Gasteiger partial charge < -0.3 is 0 Å². The van der Waals surface area contributed by atoms with Crippen LogP contribution in [0.5, 0.6) is 0 Å². The van der Waals surface area contributed by atoms with Crippen molar-refractivity contribution in [3.05, 3.63) is 29.0 Å². The van der Waals surface area contributed by atoms with E-state index in [-0.39, 0.29) is 24.4 Å². The average molecular weight is 268 g/mol. The van der Waals surface area contributed by atoms with Crippen molar-refractivity contribution in [1.29, 1.82) is 0 Å². The monoisotopic (exact) mass is 267 g/mol. The second-order valence-electron chi connectivity index (χ2n) is 4.19. The largest absolute Gasteiger partial charge is 0.294 e. The van der Waals surface area contributed by atoms with Gasteiger partial charge in [0.25, 0.3) is 0 Å². The Morgan fingerprint density at radius 3 is 2.94 bits per heavy atom. The van der Waals surface area contributed by atoms with Crippen LogP contribution in [0.2, 0.25) is 5.15 Å². The highest BCUT2D eigenvalue weighted by molar-refractivity contribution is 6.29. The summed E-state index contributed by atoms with van der Waals surface area (Å²) in [4.78, 5) is 29.1. The number of rotatable bonds is 3. The van der Waals surface area contributed by atoms with Crippen LogP contribution in [0, 0.1) is 0 Å². The predicted molar refractivity (Wildman–Crippen MR) is 66.9 cm³/mol. The van der Waals surface area contributed by atoms with Crippen LogP contribution >= 0.6 is 11.6 Å². The number of carbonyl (C=O) groups excluding carboxylic acids is 2. The Kier molecular flexibility index (Phi) is 3.93. The third kappa shape index (κ3) is 2.86. The van der Waals surface area contributed by atoms with Crippen molar-refractivity contribution in [2.24, 2.45) is 0 Å². The van der Waals surface area contributed by atoms with E-state index in [1.54, 1.807) is 12.1 Å². The van der Waals surface area contributed by atoms with Crippen molar-refractivity contribution >= 4 is 23.4 Å². The molecule has 1 aromatic heterocycles. The lowest BCUT2D eigenvalue weighted by Crippen LogP contribution is -2.57. The first-order chi connectivity index (χ1) is 8.60. The minimum Gasteiger partial charge on any atom is -0.294 e. The van der Waals surface area contributed by atoms with E-state index in [0.29, 0.717) is 18.1 Å². The lowest BCUT2D eigenvalue weighted by molar-refractivity contribution is -0.140. The molecule has 0 aromatic carbocycles. The van der Waals surface area contributed by atoms with E-state index in [1.165, 1.54) is 0 Å². The molecule has 2 amide bonds. The molecular formula is C12H14ClN3O2. The van der Waals surface area contributed by atoms with Gasteiger partial charge in [-0.25, -0.2) is 4.98 Å². The molecule has 2 rings (SSSR count). The summed E-state index contributed by atoms with van der Waals surface area (Å²) in [7, 11) is 0. The van der Waals surface area contributed by atoms with Crippen LogP contribution in [-0.4, -0.2) is 34.3 Å². The number of nitrogens with one attached hydrogen (secondary N) is 1. The Morgan fingerprint density at radius 2 is 2.28 bits per heavy atom. The topological polar surface area (TPSA) is 62.3 Å². The van der Waals surface area contributed by atoms with Gasteiger partial charge in [-0.1, -0.05) is 24.6 Å². The molecule has 0 saturated carbocycles. The van der Waals surface area contributed by atoms with E-state index in [9.17, 15) is 9.59 Å². The highest BCUT2D eigenvalue weighted by Gasteiger charge is 2.32. The zero-order chi connectivity index (χ0) is 13.1. The molecule has 1 atom stereocenters. The molecule has 5 nitrogen and oxygen atoms in total. The number of piperazine rings is 1. The van der Waals surface area contributed by atoms with Gasteiger partial charge in [0.05, 0.1) is 18.3 Å². The van der Waals surface area contributed by atoms with Crippen LogP contribution in [0.1, 0.15) is 19.0 Å². The molecule has 0 bridgehead atoms. The number of aromatic nitrogens is 1.